The molecule has 3 aromatic carbocycles. The van der Waals surface area contributed by atoms with Crippen LogP contribution in [-0.4, -0.2) is 38.3 Å². The third-order valence-corrected chi connectivity index (χ3v) is 6.76. The normalized spacial score (nSPS) is 17.0. The summed E-state index contributed by atoms with van der Waals surface area (Å²) >= 11 is 6.03. The molecule has 10 heteroatoms. The Kier molecular flexibility index (Phi) is 7.87. The van der Waals surface area contributed by atoms with Gasteiger partial charge in [0.1, 0.15) is 17.5 Å². The van der Waals surface area contributed by atoms with E-state index in [1.807, 2.05) is 0 Å². The standard InChI is InChI=1S/C28H26ClF3N2O4/c1-4-26(35)33(19-10-8-18(29)9-11-19)24-16-25(28(30,31)32)34(23-13-12-21(38-3)15-22(23)24)27(36)17-6-5-7-20(14-17)37-2/h5-15,24-25H,4,16H2,1-3H3. The van der Waals surface area contributed by atoms with Crippen LogP contribution in [0.2, 0.25) is 5.02 Å². The summed E-state index contributed by atoms with van der Waals surface area (Å²) in [6, 6.07) is 13.6. The molecule has 1 heterocycles. The molecule has 0 spiro atoms. The van der Waals surface area contributed by atoms with Gasteiger partial charge in [0.05, 0.1) is 25.9 Å². The summed E-state index contributed by atoms with van der Waals surface area (Å²) in [5.74, 6) is -0.491. The maximum absolute atomic E-state index is 14.7. The van der Waals surface area contributed by atoms with Crippen LogP contribution in [0, 0.1) is 0 Å². The Bertz CT molecular complexity index is 1330. The third-order valence-electron chi connectivity index (χ3n) is 6.51. The van der Waals surface area contributed by atoms with Crippen molar-refractivity contribution in [2.75, 3.05) is 24.0 Å². The molecule has 0 fully saturated rings. The van der Waals surface area contributed by atoms with Crippen LogP contribution in [0.4, 0.5) is 24.5 Å². The number of benzene rings is 3. The molecule has 0 bridgehead atoms. The average molecular weight is 547 g/mol. The summed E-state index contributed by atoms with van der Waals surface area (Å²) in [5, 5.41) is 0.423. The van der Waals surface area contributed by atoms with Gasteiger partial charge < -0.3 is 14.4 Å². The Morgan fingerprint density at radius 2 is 1.66 bits per heavy atom. The molecule has 0 N–H and O–H groups in total. The zero-order valence-corrected chi connectivity index (χ0v) is 21.7. The number of hydrogen-bond acceptors (Lipinski definition) is 4. The second kappa shape index (κ2) is 10.9. The van der Waals surface area contributed by atoms with Crippen LogP contribution in [0.25, 0.3) is 0 Å². The van der Waals surface area contributed by atoms with Crippen LogP contribution in [0.1, 0.15) is 41.7 Å². The molecule has 0 aromatic heterocycles. The molecule has 2 amide bonds. The maximum atomic E-state index is 14.7. The lowest BCUT2D eigenvalue weighted by atomic mass is 9.88. The minimum atomic E-state index is -4.79. The highest BCUT2D eigenvalue weighted by Crippen LogP contribution is 2.48. The number of carbonyl (C=O) groups excluding carboxylic acids is 2. The number of amides is 2. The van der Waals surface area contributed by atoms with Crippen molar-refractivity contribution in [3.8, 4) is 11.5 Å². The molecule has 0 radical (unpaired) electrons. The largest absolute Gasteiger partial charge is 0.497 e. The molecule has 3 aromatic rings. The van der Waals surface area contributed by atoms with Gasteiger partial charge in [-0.1, -0.05) is 24.6 Å². The van der Waals surface area contributed by atoms with E-state index in [1.54, 1.807) is 49.4 Å². The van der Waals surface area contributed by atoms with Crippen LogP contribution in [0.3, 0.4) is 0 Å². The van der Waals surface area contributed by atoms with Crippen molar-refractivity contribution in [2.45, 2.75) is 38.0 Å². The highest BCUT2D eigenvalue weighted by atomic mass is 35.5. The number of carbonyl (C=O) groups is 2. The van der Waals surface area contributed by atoms with Gasteiger partial charge in [-0.3, -0.25) is 14.5 Å². The Labute approximate surface area is 223 Å². The molecule has 2 unspecified atom stereocenters. The monoisotopic (exact) mass is 546 g/mol. The third kappa shape index (κ3) is 5.29. The average Bonchev–Trinajstić information content (AvgIpc) is 2.92. The van der Waals surface area contributed by atoms with Crippen molar-refractivity contribution in [1.82, 2.24) is 0 Å². The lowest BCUT2D eigenvalue weighted by molar-refractivity contribution is -0.151. The molecule has 200 valence electrons. The minimum absolute atomic E-state index is 0.0398. The van der Waals surface area contributed by atoms with Gasteiger partial charge in [-0.2, -0.15) is 13.2 Å². The number of ether oxygens (including phenoxy) is 2. The molecular formula is C28H26ClF3N2O4. The number of methoxy groups -OCH3 is 2. The van der Waals surface area contributed by atoms with Gasteiger partial charge in [-0.25, -0.2) is 0 Å². The summed E-state index contributed by atoms with van der Waals surface area (Å²) in [6.45, 7) is 1.64. The van der Waals surface area contributed by atoms with E-state index in [-0.39, 0.29) is 23.6 Å². The first-order valence-electron chi connectivity index (χ1n) is 11.9. The topological polar surface area (TPSA) is 59.1 Å². The van der Waals surface area contributed by atoms with E-state index in [9.17, 15) is 22.8 Å². The van der Waals surface area contributed by atoms with Crippen molar-refractivity contribution in [2.24, 2.45) is 0 Å². The van der Waals surface area contributed by atoms with Crippen LogP contribution >= 0.6 is 11.6 Å². The Morgan fingerprint density at radius 1 is 1.00 bits per heavy atom. The van der Waals surface area contributed by atoms with Gasteiger partial charge in [-0.05, 0) is 60.7 Å². The van der Waals surface area contributed by atoms with Gasteiger partial charge in [0.25, 0.3) is 5.91 Å². The van der Waals surface area contributed by atoms with Crippen molar-refractivity contribution in [3.63, 3.8) is 0 Å². The fourth-order valence-corrected chi connectivity index (χ4v) is 4.82. The van der Waals surface area contributed by atoms with E-state index in [4.69, 9.17) is 21.1 Å². The van der Waals surface area contributed by atoms with Crippen molar-refractivity contribution in [3.05, 3.63) is 82.9 Å². The molecule has 6 nitrogen and oxygen atoms in total. The second-order valence-electron chi connectivity index (χ2n) is 8.73. The number of alkyl halides is 3. The van der Waals surface area contributed by atoms with E-state index < -0.39 is 30.6 Å². The summed E-state index contributed by atoms with van der Waals surface area (Å²) in [5.41, 5.74) is 0.837. The minimum Gasteiger partial charge on any atom is -0.497 e. The SMILES string of the molecule is CCC(=O)N(c1ccc(Cl)cc1)C1CC(C(F)(F)F)N(C(=O)c2cccc(OC)c2)c2ccc(OC)cc21. The summed E-state index contributed by atoms with van der Waals surface area (Å²) in [4.78, 5) is 29.0. The molecule has 1 aliphatic rings. The lowest BCUT2D eigenvalue weighted by Gasteiger charge is -2.45. The highest BCUT2D eigenvalue weighted by molar-refractivity contribution is 6.30. The van der Waals surface area contributed by atoms with E-state index in [1.165, 1.54) is 43.4 Å². The Balaban J connectivity index is 1.93. The predicted octanol–water partition coefficient (Wildman–Crippen LogP) is 6.82. The van der Waals surface area contributed by atoms with E-state index in [0.29, 0.717) is 27.8 Å². The first-order chi connectivity index (χ1) is 18.1. The van der Waals surface area contributed by atoms with Crippen LogP contribution in [0.15, 0.2) is 66.7 Å². The van der Waals surface area contributed by atoms with E-state index in [0.717, 1.165) is 4.90 Å². The van der Waals surface area contributed by atoms with Gasteiger partial charge in [0.15, 0.2) is 0 Å². The number of rotatable bonds is 6. The van der Waals surface area contributed by atoms with E-state index >= 15 is 0 Å². The smallest absolute Gasteiger partial charge is 0.409 e. The number of fused-ring (bicyclic) bond motifs is 1. The molecule has 2 atom stereocenters. The van der Waals surface area contributed by atoms with Gasteiger partial charge in [0, 0.05) is 34.7 Å². The van der Waals surface area contributed by atoms with Gasteiger partial charge in [0.2, 0.25) is 5.91 Å². The van der Waals surface area contributed by atoms with Crippen LogP contribution in [0.5, 0.6) is 11.5 Å². The Hall–Kier alpha value is -3.72. The number of anilines is 2. The van der Waals surface area contributed by atoms with Crippen molar-refractivity contribution in [1.29, 1.82) is 0 Å². The predicted molar refractivity (Wildman–Crippen MR) is 139 cm³/mol. The van der Waals surface area contributed by atoms with E-state index in [2.05, 4.69) is 0 Å². The number of hydrogen-bond donors (Lipinski definition) is 0. The fourth-order valence-electron chi connectivity index (χ4n) is 4.70. The maximum Gasteiger partial charge on any atom is 0.409 e. The molecule has 1 aliphatic heterocycles. The molecule has 0 aliphatic carbocycles. The summed E-state index contributed by atoms with van der Waals surface area (Å²) in [7, 11) is 2.84. The van der Waals surface area contributed by atoms with Crippen molar-refractivity contribution < 1.29 is 32.2 Å². The molecule has 38 heavy (non-hydrogen) atoms. The first-order valence-corrected chi connectivity index (χ1v) is 12.3. The summed E-state index contributed by atoms with van der Waals surface area (Å²) < 4.78 is 54.5. The Morgan fingerprint density at radius 3 is 2.26 bits per heavy atom. The highest BCUT2D eigenvalue weighted by Gasteiger charge is 2.52. The van der Waals surface area contributed by atoms with Crippen LogP contribution < -0.4 is 19.3 Å². The second-order valence-corrected chi connectivity index (χ2v) is 9.17. The molecular weight excluding hydrogens is 521 g/mol. The summed E-state index contributed by atoms with van der Waals surface area (Å²) in [6.07, 6.45) is -5.30. The molecule has 0 saturated carbocycles. The van der Waals surface area contributed by atoms with Crippen LogP contribution in [-0.2, 0) is 4.79 Å². The number of halogens is 4. The van der Waals surface area contributed by atoms with Crippen molar-refractivity contribution >= 4 is 34.8 Å². The lowest BCUT2D eigenvalue weighted by Crippen LogP contribution is -2.55. The first kappa shape index (κ1) is 27.3. The van der Waals surface area contributed by atoms with Gasteiger partial charge in [-0.15, -0.1) is 0 Å². The molecule has 4 rings (SSSR count). The zero-order chi connectivity index (χ0) is 27.6. The zero-order valence-electron chi connectivity index (χ0n) is 21.0. The fraction of sp³-hybridized carbons (Fsp3) is 0.286. The number of nitrogens with zero attached hydrogens (tertiary/aromatic N) is 2. The quantitative estimate of drug-likeness (QED) is 0.340. The molecule has 0 saturated heterocycles. The van der Waals surface area contributed by atoms with Gasteiger partial charge >= 0.3 is 6.18 Å².